The molecule has 4 fully saturated rings. The van der Waals surface area contributed by atoms with Crippen molar-refractivity contribution in [1.82, 2.24) is 45.4 Å². The lowest BCUT2D eigenvalue weighted by molar-refractivity contribution is -0.148. The molecule has 5 heterocycles. The van der Waals surface area contributed by atoms with E-state index in [4.69, 9.17) is 5.73 Å². The van der Waals surface area contributed by atoms with Gasteiger partial charge in [0.1, 0.15) is 17.8 Å². The van der Waals surface area contributed by atoms with Crippen LogP contribution in [0.25, 0.3) is 32.8 Å². The Morgan fingerprint density at radius 3 is 2.32 bits per heavy atom. The van der Waals surface area contributed by atoms with Gasteiger partial charge in [0.25, 0.3) is 0 Å². The van der Waals surface area contributed by atoms with Crippen molar-refractivity contribution in [2.75, 3.05) is 25.4 Å². The molecule has 4 aliphatic rings. The maximum Gasteiger partial charge on any atom is 0.246 e. The van der Waals surface area contributed by atoms with E-state index in [9.17, 15) is 24.6 Å². The van der Waals surface area contributed by atoms with E-state index >= 15 is 0 Å². The Morgan fingerprint density at radius 1 is 0.903 bits per heavy atom. The number of aromatic nitrogens is 5. The number of nitrogens with two attached hydrogens (primary N) is 1. The summed E-state index contributed by atoms with van der Waals surface area (Å²) in [5.74, 6) is 0.540. The first kappa shape index (κ1) is 49.1. The standard InChI is InChI=1S/C56H66N10O5S/c1-34-49(72-33-59-34)39-15-9-35(10-16-39)27-58-53(70)47-21-43(67)32-66(47)54(71)50(55(2,3)4)61-52(69)41-25-56(26-41)23-40(24-56)38-13-11-36(12-14-38)29-64-19-17-37(18-20-64)30-65-31-42(28-60-65)45-22-46(62-63-51(45)57)44-7-5-6-8-48(44)68/h5-16,22,28,31,33,37,40-41,43,47,50,67-68H,17-21,23-27,29-30,32H2,1-4H3,(H2,57,63)(H,58,70)(H,61,69)/t40?,41?,43-,47+,50-,56?/m1/s1. The Kier molecular flexibility index (Phi) is 13.8. The monoisotopic (exact) mass is 990 g/mol. The number of rotatable bonds is 14. The highest BCUT2D eigenvalue weighted by atomic mass is 32.1. The minimum atomic E-state index is -0.842. The van der Waals surface area contributed by atoms with Gasteiger partial charge in [0, 0.05) is 61.4 Å². The van der Waals surface area contributed by atoms with Crippen molar-refractivity contribution in [3.05, 3.63) is 119 Å². The van der Waals surface area contributed by atoms with Crippen LogP contribution in [-0.2, 0) is 34.0 Å². The number of thiazole rings is 1. The number of amides is 3. The Morgan fingerprint density at radius 2 is 1.62 bits per heavy atom. The summed E-state index contributed by atoms with van der Waals surface area (Å²) in [5, 5.41) is 40.2. The van der Waals surface area contributed by atoms with Gasteiger partial charge in [-0.2, -0.15) is 5.10 Å². The second-order valence-corrected chi connectivity index (χ2v) is 22.9. The molecule has 0 bridgehead atoms. The number of anilines is 1. The van der Waals surface area contributed by atoms with Crippen LogP contribution in [0.15, 0.2) is 96.8 Å². The van der Waals surface area contributed by atoms with E-state index in [1.165, 1.54) is 16.0 Å². The number of nitrogen functional groups attached to an aromatic ring is 1. The average Bonchev–Trinajstić information content (AvgIpc) is 4.10. The zero-order valence-corrected chi connectivity index (χ0v) is 42.4. The largest absolute Gasteiger partial charge is 0.507 e. The number of para-hydroxylation sites is 1. The number of carbonyl (C=O) groups is 3. The predicted molar refractivity (Wildman–Crippen MR) is 278 cm³/mol. The van der Waals surface area contributed by atoms with Crippen molar-refractivity contribution >= 4 is 34.9 Å². The highest BCUT2D eigenvalue weighted by Gasteiger charge is 2.55. The van der Waals surface area contributed by atoms with Crippen molar-refractivity contribution in [3.63, 3.8) is 0 Å². The fourth-order valence-electron chi connectivity index (χ4n) is 11.6. The number of aliphatic hydroxyl groups excluding tert-OH is 1. The summed E-state index contributed by atoms with van der Waals surface area (Å²) in [4.78, 5) is 51.1. The topological polar surface area (TPSA) is 205 Å². The van der Waals surface area contributed by atoms with Gasteiger partial charge >= 0.3 is 0 Å². The Bertz CT molecular complexity index is 2910. The minimum Gasteiger partial charge on any atom is -0.507 e. The van der Waals surface area contributed by atoms with Gasteiger partial charge in [0.2, 0.25) is 17.7 Å². The van der Waals surface area contributed by atoms with E-state index in [0.717, 1.165) is 97.5 Å². The number of β-amino-alcohol motifs (C(OH)–C–C–N with tert-alkyl or cyclic N) is 1. The molecule has 0 radical (unpaired) electrons. The highest BCUT2D eigenvalue weighted by molar-refractivity contribution is 7.13. The van der Waals surface area contributed by atoms with Crippen LogP contribution < -0.4 is 16.4 Å². The molecule has 6 N–H and O–H groups in total. The van der Waals surface area contributed by atoms with Gasteiger partial charge in [-0.3, -0.25) is 24.0 Å². The van der Waals surface area contributed by atoms with Crippen LogP contribution in [0.5, 0.6) is 5.75 Å². The minimum absolute atomic E-state index is 0.0428. The van der Waals surface area contributed by atoms with Gasteiger partial charge in [-0.25, -0.2) is 4.98 Å². The Balaban J connectivity index is 0.659. The molecule has 3 aromatic heterocycles. The number of phenols is 1. The lowest BCUT2D eigenvalue weighted by Gasteiger charge is -2.57. The van der Waals surface area contributed by atoms with Crippen LogP contribution in [0, 0.1) is 29.6 Å². The molecule has 15 nitrogen and oxygen atoms in total. The smallest absolute Gasteiger partial charge is 0.246 e. The molecule has 1 spiro atoms. The second kappa shape index (κ2) is 20.2. The molecule has 376 valence electrons. The molecule has 2 aliphatic carbocycles. The number of phenolic OH excluding ortho intramolecular Hbond substituents is 1. The number of aliphatic hydroxyl groups is 1. The third-order valence-corrected chi connectivity index (χ3v) is 16.7. The number of nitrogens with zero attached hydrogens (tertiary/aromatic N) is 7. The Hall–Kier alpha value is -6.49. The van der Waals surface area contributed by atoms with Crippen LogP contribution in [0.3, 0.4) is 0 Å². The first-order valence-corrected chi connectivity index (χ1v) is 26.3. The van der Waals surface area contributed by atoms with E-state index in [0.29, 0.717) is 35.5 Å². The van der Waals surface area contributed by atoms with E-state index < -0.39 is 23.6 Å². The summed E-state index contributed by atoms with van der Waals surface area (Å²) in [6, 6.07) is 24.4. The van der Waals surface area contributed by atoms with Gasteiger partial charge in [-0.1, -0.05) is 81.4 Å². The number of benzene rings is 3. The van der Waals surface area contributed by atoms with Crippen molar-refractivity contribution in [1.29, 1.82) is 0 Å². The third kappa shape index (κ3) is 10.5. The molecule has 2 aliphatic heterocycles. The van der Waals surface area contributed by atoms with Crippen LogP contribution in [0.2, 0.25) is 0 Å². The molecule has 3 amide bonds. The quantitative estimate of drug-likeness (QED) is 0.0715. The van der Waals surface area contributed by atoms with Crippen molar-refractivity contribution < 1.29 is 24.6 Å². The summed E-state index contributed by atoms with van der Waals surface area (Å²) in [6.45, 7) is 11.9. The maximum absolute atomic E-state index is 14.3. The van der Waals surface area contributed by atoms with Gasteiger partial charge < -0.3 is 31.5 Å². The number of piperidine rings is 1. The lowest BCUT2D eigenvalue weighted by Crippen LogP contribution is -2.60. The molecule has 16 heteroatoms. The predicted octanol–water partition coefficient (Wildman–Crippen LogP) is 7.72. The van der Waals surface area contributed by atoms with Gasteiger partial charge in [0.15, 0.2) is 5.82 Å². The molecule has 0 unspecified atom stereocenters. The van der Waals surface area contributed by atoms with Crippen molar-refractivity contribution in [2.45, 2.75) is 116 Å². The number of likely N-dealkylation sites (tertiary alicyclic amines) is 2. The zero-order chi connectivity index (χ0) is 50.3. The maximum atomic E-state index is 14.3. The van der Waals surface area contributed by atoms with Gasteiger partial charge in [-0.05, 0) is 122 Å². The summed E-state index contributed by atoms with van der Waals surface area (Å²) >= 11 is 1.59. The highest BCUT2D eigenvalue weighted by Crippen LogP contribution is 2.64. The molecule has 6 aromatic rings. The third-order valence-electron chi connectivity index (χ3n) is 15.7. The van der Waals surface area contributed by atoms with E-state index in [-0.39, 0.29) is 47.8 Å². The molecular formula is C56H66N10O5S. The summed E-state index contributed by atoms with van der Waals surface area (Å²) in [6.07, 6.45) is 9.08. The van der Waals surface area contributed by atoms with Crippen molar-refractivity contribution in [2.24, 2.45) is 22.7 Å². The number of carbonyl (C=O) groups excluding carboxylic acids is 3. The zero-order valence-electron chi connectivity index (χ0n) is 41.6. The van der Waals surface area contributed by atoms with Gasteiger partial charge in [0.05, 0.1) is 34.1 Å². The molecule has 2 saturated carbocycles. The molecule has 3 atom stereocenters. The molecule has 10 rings (SSSR count). The number of nitrogens with one attached hydrogen (secondary N) is 2. The lowest BCUT2D eigenvalue weighted by atomic mass is 9.47. The van der Waals surface area contributed by atoms with Crippen LogP contribution in [0.4, 0.5) is 5.82 Å². The number of aryl methyl sites for hydroxylation is 1. The first-order chi connectivity index (χ1) is 34.6. The van der Waals surface area contributed by atoms with Crippen LogP contribution in [0.1, 0.15) is 94.0 Å². The number of hydrogen-bond donors (Lipinski definition) is 5. The fourth-order valence-corrected chi connectivity index (χ4v) is 12.4. The summed E-state index contributed by atoms with van der Waals surface area (Å²) in [5.41, 5.74) is 16.0. The van der Waals surface area contributed by atoms with Crippen LogP contribution in [-0.4, -0.2) is 101 Å². The number of hydrogen-bond acceptors (Lipinski definition) is 12. The van der Waals surface area contributed by atoms with E-state index in [1.54, 1.807) is 29.5 Å². The molecular weight excluding hydrogens is 925 g/mol. The molecule has 3 aromatic carbocycles. The normalized spacial score (nSPS) is 22.8. The number of aromatic hydroxyl groups is 1. The first-order valence-electron chi connectivity index (χ1n) is 25.4. The summed E-state index contributed by atoms with van der Waals surface area (Å²) < 4.78 is 2.00. The van der Waals surface area contributed by atoms with E-state index in [1.807, 2.05) is 86.7 Å². The second-order valence-electron chi connectivity index (χ2n) is 22.1. The SMILES string of the molecule is Cc1ncsc1-c1ccc(CNC(=O)[C@@H]2C[C@@H](O)CN2C(=O)[C@@H](NC(=O)C2CC3(C2)CC(c2ccc(CN4CCC(Cn5cc(-c6cc(-c7ccccc7O)nnc6N)cn5)CC4)cc2)C3)C(C)(C)C)cc1. The fraction of sp³-hybridized carbons (Fsp3) is 0.446. The van der Waals surface area contributed by atoms with Crippen LogP contribution >= 0.6 is 11.3 Å². The van der Waals surface area contributed by atoms with E-state index in [2.05, 4.69) is 60.1 Å². The Labute approximate surface area is 425 Å². The van der Waals surface area contributed by atoms with Gasteiger partial charge in [-0.15, -0.1) is 21.5 Å². The molecule has 2 saturated heterocycles. The summed E-state index contributed by atoms with van der Waals surface area (Å²) in [7, 11) is 0. The molecule has 72 heavy (non-hydrogen) atoms. The van der Waals surface area contributed by atoms with Crippen molar-refractivity contribution in [3.8, 4) is 38.6 Å². The average molecular weight is 991 g/mol.